The number of methoxy groups -OCH3 is 1. The molecule has 0 aliphatic carbocycles. The molecule has 8 heteroatoms. The van der Waals surface area contributed by atoms with Gasteiger partial charge in [-0.05, 0) is 72.8 Å². The molecule has 4 aromatic carbocycles. The van der Waals surface area contributed by atoms with Gasteiger partial charge in [-0.3, -0.25) is 9.97 Å². The second-order valence-corrected chi connectivity index (χ2v) is 9.40. The molecule has 43 heavy (non-hydrogen) atoms. The second-order valence-electron chi connectivity index (χ2n) is 9.40. The van der Waals surface area contributed by atoms with Crippen molar-refractivity contribution in [3.05, 3.63) is 144 Å². The summed E-state index contributed by atoms with van der Waals surface area (Å²) >= 11 is 0. The first kappa shape index (κ1) is 28.8. The Morgan fingerprint density at radius 2 is 1.05 bits per heavy atom. The molecule has 2 heterocycles. The lowest BCUT2D eigenvalue weighted by atomic mass is 10.1. The monoisotopic (exact) mass is 572 g/mol. The first-order valence-electron chi connectivity index (χ1n) is 13.4. The van der Waals surface area contributed by atoms with Crippen molar-refractivity contribution in [3.63, 3.8) is 0 Å². The minimum absolute atomic E-state index is 0.247. The maximum absolute atomic E-state index is 11.4. The number of hydrogen-bond donors (Lipinski definition) is 1. The Morgan fingerprint density at radius 3 is 1.49 bits per heavy atom. The summed E-state index contributed by atoms with van der Waals surface area (Å²) < 4.78 is 16.2. The summed E-state index contributed by atoms with van der Waals surface area (Å²) in [4.78, 5) is 30.8. The molecule has 0 atom stereocenters. The van der Waals surface area contributed by atoms with E-state index in [1.807, 2.05) is 60.7 Å². The van der Waals surface area contributed by atoms with Crippen LogP contribution in [0.3, 0.4) is 0 Å². The lowest BCUT2D eigenvalue weighted by Crippen LogP contribution is -2.01. The fourth-order valence-corrected chi connectivity index (χ4v) is 4.38. The van der Waals surface area contributed by atoms with Gasteiger partial charge in [0.05, 0.1) is 29.3 Å². The van der Waals surface area contributed by atoms with Gasteiger partial charge in [-0.2, -0.15) is 0 Å². The predicted molar refractivity (Wildman–Crippen MR) is 163 cm³/mol. The van der Waals surface area contributed by atoms with Crippen LogP contribution < -0.4 is 9.47 Å². The molecule has 0 fully saturated rings. The van der Waals surface area contributed by atoms with Gasteiger partial charge < -0.3 is 19.3 Å². The minimum atomic E-state index is -0.943. The van der Waals surface area contributed by atoms with Crippen LogP contribution >= 0.6 is 0 Å². The van der Waals surface area contributed by atoms with Gasteiger partial charge in [-0.1, -0.05) is 36.4 Å². The highest BCUT2D eigenvalue weighted by Gasteiger charge is 2.07. The van der Waals surface area contributed by atoms with Crippen molar-refractivity contribution < 1.29 is 28.9 Å². The molecule has 6 aromatic rings. The van der Waals surface area contributed by atoms with Crippen LogP contribution in [0.5, 0.6) is 11.5 Å². The zero-order valence-corrected chi connectivity index (χ0v) is 23.3. The molecular weight excluding hydrogens is 544 g/mol. The molecule has 0 saturated heterocycles. The Morgan fingerprint density at radius 1 is 0.605 bits per heavy atom. The van der Waals surface area contributed by atoms with Gasteiger partial charge in [-0.15, -0.1) is 0 Å². The number of esters is 1. The fraction of sp³-hybridized carbons (Fsp3) is 0.0857. The average Bonchev–Trinajstić information content (AvgIpc) is 3.06. The molecule has 2 aromatic heterocycles. The summed E-state index contributed by atoms with van der Waals surface area (Å²) in [5.74, 6) is 0.0443. The van der Waals surface area contributed by atoms with Crippen molar-refractivity contribution in [2.24, 2.45) is 0 Å². The standard InChI is InChI=1S/C18H15NO3.C17H13NO3/c1-21-18(20)13-6-8-15(9-7-13)22-12-14-10-11-19-17-5-3-2-4-16(14)17;19-17(20)12-5-7-14(8-6-12)21-11-13-9-10-18-16-4-2-1-3-15(13)16/h2-11H,12H2,1H3;1-10H,11H2,(H,19,20). The van der Waals surface area contributed by atoms with Crippen molar-refractivity contribution in [1.82, 2.24) is 9.97 Å². The van der Waals surface area contributed by atoms with Gasteiger partial charge in [0.2, 0.25) is 0 Å². The van der Waals surface area contributed by atoms with E-state index >= 15 is 0 Å². The van der Waals surface area contributed by atoms with Crippen LogP contribution in [-0.4, -0.2) is 34.1 Å². The average molecular weight is 573 g/mol. The Hall–Kier alpha value is -5.76. The molecular formula is C35H28N2O6. The molecule has 0 spiro atoms. The Bertz CT molecular complexity index is 1840. The lowest BCUT2D eigenvalue weighted by Gasteiger charge is -2.09. The molecule has 0 bridgehead atoms. The van der Waals surface area contributed by atoms with E-state index in [1.165, 1.54) is 19.2 Å². The van der Waals surface area contributed by atoms with E-state index in [4.69, 9.17) is 14.6 Å². The summed E-state index contributed by atoms with van der Waals surface area (Å²) in [7, 11) is 1.36. The molecule has 0 unspecified atom stereocenters. The van der Waals surface area contributed by atoms with E-state index < -0.39 is 5.97 Å². The number of aromatic carboxylic acids is 1. The molecule has 6 rings (SSSR count). The van der Waals surface area contributed by atoms with Crippen molar-refractivity contribution in [2.75, 3.05) is 7.11 Å². The first-order chi connectivity index (χ1) is 21.0. The molecule has 214 valence electrons. The number of carbonyl (C=O) groups is 2. The third-order valence-electron chi connectivity index (χ3n) is 6.64. The quantitative estimate of drug-likeness (QED) is 0.192. The summed E-state index contributed by atoms with van der Waals surface area (Å²) in [5, 5.41) is 11.0. The van der Waals surface area contributed by atoms with E-state index in [0.717, 1.165) is 32.9 Å². The van der Waals surface area contributed by atoms with Crippen LogP contribution in [-0.2, 0) is 18.0 Å². The smallest absolute Gasteiger partial charge is 0.337 e. The zero-order valence-electron chi connectivity index (χ0n) is 23.3. The highest BCUT2D eigenvalue weighted by atomic mass is 16.5. The summed E-state index contributed by atoms with van der Waals surface area (Å²) in [6.45, 7) is 0.857. The number of aromatic nitrogens is 2. The molecule has 1 N–H and O–H groups in total. The molecule has 0 radical (unpaired) electrons. The van der Waals surface area contributed by atoms with Crippen LogP contribution in [0.4, 0.5) is 0 Å². The van der Waals surface area contributed by atoms with E-state index in [1.54, 1.807) is 48.8 Å². The van der Waals surface area contributed by atoms with Crippen molar-refractivity contribution >= 4 is 33.7 Å². The predicted octanol–water partition coefficient (Wildman–Crippen LogP) is 7.11. The summed E-state index contributed by atoms with van der Waals surface area (Å²) in [5.41, 5.74) is 4.75. The van der Waals surface area contributed by atoms with Gasteiger partial charge in [0.1, 0.15) is 24.7 Å². The third kappa shape index (κ3) is 7.31. The number of rotatable bonds is 8. The minimum Gasteiger partial charge on any atom is -0.489 e. The van der Waals surface area contributed by atoms with Crippen LogP contribution in [0.1, 0.15) is 31.8 Å². The SMILES string of the molecule is COC(=O)c1ccc(OCc2ccnc3ccccc23)cc1.O=C(O)c1ccc(OCc2ccnc3ccccc23)cc1. The number of carboxylic acid groups (broad SMARTS) is 1. The van der Waals surface area contributed by atoms with Crippen LogP contribution in [0, 0.1) is 0 Å². The number of carboxylic acids is 1. The fourth-order valence-electron chi connectivity index (χ4n) is 4.38. The first-order valence-corrected chi connectivity index (χ1v) is 13.4. The molecule has 0 aliphatic rings. The van der Waals surface area contributed by atoms with E-state index in [-0.39, 0.29) is 11.5 Å². The molecule has 0 amide bonds. The Balaban J connectivity index is 0.000000171. The Labute approximate surface area is 248 Å². The summed E-state index contributed by atoms with van der Waals surface area (Å²) in [6.07, 6.45) is 3.54. The van der Waals surface area contributed by atoms with Crippen LogP contribution in [0.25, 0.3) is 21.8 Å². The highest BCUT2D eigenvalue weighted by molar-refractivity contribution is 5.89. The maximum Gasteiger partial charge on any atom is 0.337 e. The van der Waals surface area contributed by atoms with E-state index in [2.05, 4.69) is 14.7 Å². The van der Waals surface area contributed by atoms with Crippen molar-refractivity contribution in [1.29, 1.82) is 0 Å². The largest absolute Gasteiger partial charge is 0.489 e. The topological polar surface area (TPSA) is 108 Å². The van der Waals surface area contributed by atoms with Gasteiger partial charge >= 0.3 is 11.9 Å². The number of carbonyl (C=O) groups excluding carboxylic acids is 1. The normalized spacial score (nSPS) is 10.4. The zero-order chi connectivity index (χ0) is 30.0. The lowest BCUT2D eigenvalue weighted by molar-refractivity contribution is 0.0599. The van der Waals surface area contributed by atoms with Crippen molar-refractivity contribution in [3.8, 4) is 11.5 Å². The highest BCUT2D eigenvalue weighted by Crippen LogP contribution is 2.21. The van der Waals surface area contributed by atoms with Gasteiger partial charge in [0.25, 0.3) is 0 Å². The number of ether oxygens (including phenoxy) is 3. The Kier molecular flexibility index (Phi) is 9.19. The maximum atomic E-state index is 11.4. The van der Waals surface area contributed by atoms with Crippen LogP contribution in [0.2, 0.25) is 0 Å². The van der Waals surface area contributed by atoms with E-state index in [0.29, 0.717) is 30.3 Å². The summed E-state index contributed by atoms with van der Waals surface area (Å²) in [6, 6.07) is 33.0. The van der Waals surface area contributed by atoms with Gasteiger partial charge in [0.15, 0.2) is 0 Å². The number of para-hydroxylation sites is 2. The van der Waals surface area contributed by atoms with Crippen LogP contribution in [0.15, 0.2) is 122 Å². The third-order valence-corrected chi connectivity index (χ3v) is 6.64. The van der Waals surface area contributed by atoms with Gasteiger partial charge in [-0.25, -0.2) is 9.59 Å². The number of pyridine rings is 2. The molecule has 0 saturated carbocycles. The number of benzene rings is 4. The van der Waals surface area contributed by atoms with Crippen molar-refractivity contribution in [2.45, 2.75) is 13.2 Å². The number of fused-ring (bicyclic) bond motifs is 2. The van der Waals surface area contributed by atoms with Gasteiger partial charge in [0, 0.05) is 34.3 Å². The second kappa shape index (κ2) is 13.7. The number of nitrogens with zero attached hydrogens (tertiary/aromatic N) is 2. The molecule has 8 nitrogen and oxygen atoms in total. The number of hydrogen-bond acceptors (Lipinski definition) is 7. The van der Waals surface area contributed by atoms with E-state index in [9.17, 15) is 9.59 Å². The molecule has 0 aliphatic heterocycles.